The highest BCUT2D eigenvalue weighted by Crippen LogP contribution is 2.36. The molecule has 0 unspecified atom stereocenters. The van der Waals surface area contributed by atoms with Gasteiger partial charge in [-0.25, -0.2) is 0 Å². The maximum absolute atomic E-state index is 12.4. The Morgan fingerprint density at radius 2 is 2.00 bits per heavy atom. The lowest BCUT2D eigenvalue weighted by atomic mass is 10.2. The van der Waals surface area contributed by atoms with E-state index in [0.717, 1.165) is 4.68 Å². The van der Waals surface area contributed by atoms with Crippen LogP contribution in [0, 0.1) is 0 Å². The van der Waals surface area contributed by atoms with Crippen molar-refractivity contribution in [3.8, 4) is 0 Å². The van der Waals surface area contributed by atoms with E-state index in [1.807, 2.05) is 6.92 Å². The summed E-state index contributed by atoms with van der Waals surface area (Å²) < 4.78 is 38.0. The van der Waals surface area contributed by atoms with Gasteiger partial charge in [0.25, 0.3) is 0 Å². The molecule has 0 aliphatic carbocycles. The van der Waals surface area contributed by atoms with Crippen LogP contribution in [0.25, 0.3) is 0 Å². The lowest BCUT2D eigenvalue weighted by Gasteiger charge is -2.06. The van der Waals surface area contributed by atoms with Crippen molar-refractivity contribution in [2.75, 3.05) is 0 Å². The van der Waals surface area contributed by atoms with E-state index in [1.165, 1.54) is 7.05 Å². The fourth-order valence-electron chi connectivity index (χ4n) is 1.26. The zero-order valence-corrected chi connectivity index (χ0v) is 8.58. The van der Waals surface area contributed by atoms with Gasteiger partial charge in [-0.15, -0.1) is 0 Å². The van der Waals surface area contributed by atoms with E-state index >= 15 is 0 Å². The molecule has 6 heteroatoms. The summed E-state index contributed by atoms with van der Waals surface area (Å²) in [6.45, 7) is 1.86. The highest BCUT2D eigenvalue weighted by Gasteiger charge is 2.38. The monoisotopic (exact) mass is 226 g/mol. The Labute approximate surface area is 84.7 Å². The molecule has 1 heterocycles. The summed E-state index contributed by atoms with van der Waals surface area (Å²) in [7, 11) is 1.24. The van der Waals surface area contributed by atoms with Crippen molar-refractivity contribution in [2.45, 2.75) is 25.9 Å². The molecule has 0 aliphatic rings. The maximum Gasteiger partial charge on any atom is 0.434 e. The molecular weight excluding hydrogens is 217 g/mol. The summed E-state index contributed by atoms with van der Waals surface area (Å²) in [5.41, 5.74) is -0.563. The molecule has 0 atom stereocenters. The van der Waals surface area contributed by atoms with Gasteiger partial charge in [-0.05, 0) is 6.42 Å². The minimum atomic E-state index is -4.44. The third-order valence-electron chi connectivity index (χ3n) is 1.81. The lowest BCUT2D eigenvalue weighted by Crippen LogP contribution is -2.12. The second-order valence-electron chi connectivity index (χ2n) is 2.98. The molecule has 2 nitrogen and oxygen atoms in total. The van der Waals surface area contributed by atoms with Gasteiger partial charge < -0.3 is 0 Å². The first-order valence-electron chi connectivity index (χ1n) is 4.16. The Kier molecular flexibility index (Phi) is 3.09. The number of halogens is 4. The molecule has 1 aromatic rings. The van der Waals surface area contributed by atoms with Gasteiger partial charge in [0.15, 0.2) is 5.69 Å². The van der Waals surface area contributed by atoms with E-state index in [4.69, 9.17) is 11.6 Å². The number of hydrogen-bond donors (Lipinski definition) is 0. The maximum atomic E-state index is 12.4. The minimum absolute atomic E-state index is 0.276. The molecule has 0 fully saturated rings. The second-order valence-corrected chi connectivity index (χ2v) is 3.36. The summed E-state index contributed by atoms with van der Waals surface area (Å²) in [6.07, 6.45) is -3.26. The highest BCUT2D eigenvalue weighted by atomic mass is 35.5. The van der Waals surface area contributed by atoms with E-state index in [0.29, 0.717) is 18.5 Å². The smallest absolute Gasteiger partial charge is 0.262 e. The molecule has 0 bridgehead atoms. The van der Waals surface area contributed by atoms with Crippen molar-refractivity contribution < 1.29 is 13.2 Å². The Bertz CT molecular complexity index is 330. The van der Waals surface area contributed by atoms with Crippen LogP contribution in [-0.2, 0) is 19.6 Å². The van der Waals surface area contributed by atoms with Crippen molar-refractivity contribution >= 4 is 11.6 Å². The van der Waals surface area contributed by atoms with E-state index in [2.05, 4.69) is 5.10 Å². The lowest BCUT2D eigenvalue weighted by molar-refractivity contribution is -0.143. The van der Waals surface area contributed by atoms with Crippen LogP contribution < -0.4 is 0 Å². The third kappa shape index (κ3) is 2.03. The number of hydrogen-bond acceptors (Lipinski definition) is 1. The SMILES string of the molecule is CCCc1nn(C)c(C(F)(F)F)c1Cl. The molecule has 0 saturated carbocycles. The standard InChI is InChI=1S/C8H10ClF3N2/c1-3-4-5-6(9)7(8(10,11)12)14(2)13-5/h3-4H2,1-2H3. The van der Waals surface area contributed by atoms with Crippen LogP contribution in [0.3, 0.4) is 0 Å². The van der Waals surface area contributed by atoms with Crippen molar-refractivity contribution in [1.82, 2.24) is 9.78 Å². The predicted octanol–water partition coefficient (Wildman–Crippen LogP) is 3.04. The molecule has 0 amide bonds. The molecule has 0 aromatic carbocycles. The molecule has 0 aliphatic heterocycles. The van der Waals surface area contributed by atoms with Gasteiger partial charge in [0, 0.05) is 7.05 Å². The van der Waals surface area contributed by atoms with Crippen molar-refractivity contribution in [1.29, 1.82) is 0 Å². The summed E-state index contributed by atoms with van der Waals surface area (Å²) in [6, 6.07) is 0. The zero-order chi connectivity index (χ0) is 10.9. The van der Waals surface area contributed by atoms with Crippen molar-refractivity contribution in [2.24, 2.45) is 7.05 Å². The fourth-order valence-corrected chi connectivity index (χ4v) is 1.62. The molecule has 0 radical (unpaired) electrons. The Morgan fingerprint density at radius 1 is 1.43 bits per heavy atom. The highest BCUT2D eigenvalue weighted by molar-refractivity contribution is 6.32. The van der Waals surface area contributed by atoms with Crippen LogP contribution in [0.5, 0.6) is 0 Å². The first kappa shape index (κ1) is 11.4. The van der Waals surface area contributed by atoms with Gasteiger partial charge in [0.05, 0.1) is 10.7 Å². The molecule has 0 N–H and O–H groups in total. The molecule has 1 rings (SSSR count). The van der Waals surface area contributed by atoms with Crippen LogP contribution in [0.2, 0.25) is 5.02 Å². The Morgan fingerprint density at radius 3 is 2.36 bits per heavy atom. The first-order chi connectivity index (χ1) is 6.38. The molecular formula is C8H10ClF3N2. The fraction of sp³-hybridized carbons (Fsp3) is 0.625. The number of aromatic nitrogens is 2. The van der Waals surface area contributed by atoms with Crippen LogP contribution in [0.4, 0.5) is 13.2 Å². The van der Waals surface area contributed by atoms with Gasteiger partial charge in [-0.1, -0.05) is 24.9 Å². The number of nitrogens with zero attached hydrogens (tertiary/aromatic N) is 2. The molecule has 0 saturated heterocycles. The van der Waals surface area contributed by atoms with Crippen molar-refractivity contribution in [3.63, 3.8) is 0 Å². The largest absolute Gasteiger partial charge is 0.434 e. The summed E-state index contributed by atoms with van der Waals surface area (Å²) in [4.78, 5) is 0. The van der Waals surface area contributed by atoms with Gasteiger partial charge in [-0.2, -0.15) is 18.3 Å². The van der Waals surface area contributed by atoms with E-state index in [9.17, 15) is 13.2 Å². The van der Waals surface area contributed by atoms with Gasteiger partial charge in [-0.3, -0.25) is 4.68 Å². The van der Waals surface area contributed by atoms with E-state index < -0.39 is 11.9 Å². The van der Waals surface area contributed by atoms with Gasteiger partial charge >= 0.3 is 6.18 Å². The minimum Gasteiger partial charge on any atom is -0.262 e. The second kappa shape index (κ2) is 3.81. The average Bonchev–Trinajstić information content (AvgIpc) is 2.26. The van der Waals surface area contributed by atoms with Crippen LogP contribution >= 0.6 is 11.6 Å². The topological polar surface area (TPSA) is 17.8 Å². The molecule has 1 aromatic heterocycles. The van der Waals surface area contributed by atoms with Gasteiger partial charge in [0.2, 0.25) is 0 Å². The number of rotatable bonds is 2. The van der Waals surface area contributed by atoms with Crippen LogP contribution in [0.15, 0.2) is 0 Å². The zero-order valence-electron chi connectivity index (χ0n) is 7.82. The summed E-state index contributed by atoms with van der Waals surface area (Å²) in [5.74, 6) is 0. The molecule has 14 heavy (non-hydrogen) atoms. The number of alkyl halides is 3. The van der Waals surface area contributed by atoms with Crippen LogP contribution in [-0.4, -0.2) is 9.78 Å². The van der Waals surface area contributed by atoms with Gasteiger partial charge in [0.1, 0.15) is 0 Å². The predicted molar refractivity (Wildman–Crippen MR) is 47.2 cm³/mol. The first-order valence-corrected chi connectivity index (χ1v) is 4.54. The van der Waals surface area contributed by atoms with E-state index in [-0.39, 0.29) is 5.02 Å². The molecule has 80 valence electrons. The van der Waals surface area contributed by atoms with E-state index in [1.54, 1.807) is 0 Å². The third-order valence-corrected chi connectivity index (χ3v) is 2.21. The number of aryl methyl sites for hydroxylation is 2. The average molecular weight is 227 g/mol. The Hall–Kier alpha value is -0.710. The van der Waals surface area contributed by atoms with Crippen LogP contribution in [0.1, 0.15) is 24.7 Å². The molecule has 0 spiro atoms. The van der Waals surface area contributed by atoms with Crippen molar-refractivity contribution in [3.05, 3.63) is 16.4 Å². The summed E-state index contributed by atoms with van der Waals surface area (Å²) >= 11 is 5.59. The quantitative estimate of drug-likeness (QED) is 0.758. The summed E-state index contributed by atoms with van der Waals surface area (Å²) in [5, 5.41) is 3.46. The normalized spacial score (nSPS) is 12.1. The Balaban J connectivity index is 3.18.